The first-order chi connectivity index (χ1) is 9.33. The third kappa shape index (κ3) is 2.65. The van der Waals surface area contributed by atoms with Crippen molar-refractivity contribution in [2.75, 3.05) is 13.7 Å². The first-order valence-electron chi connectivity index (χ1n) is 7.45. The van der Waals surface area contributed by atoms with Crippen LogP contribution in [0.5, 0.6) is 0 Å². The maximum atomic E-state index is 5.64. The van der Waals surface area contributed by atoms with E-state index < -0.39 is 0 Å². The predicted molar refractivity (Wildman–Crippen MR) is 73.9 cm³/mol. The molecule has 1 aliphatic carbocycles. The van der Waals surface area contributed by atoms with Gasteiger partial charge in [0.25, 0.3) is 0 Å². The van der Waals surface area contributed by atoms with E-state index >= 15 is 0 Å². The van der Waals surface area contributed by atoms with Gasteiger partial charge in [-0.15, -0.1) is 0 Å². The standard InChI is InChI=1S/C15H23N3O/c1-3-4-12-11-7-8-16-9-13(11)18-15(17-12)14(19-2)10-5-6-10/h10,14,16H,3-9H2,1-2H3. The molecule has 1 saturated carbocycles. The zero-order valence-corrected chi connectivity index (χ0v) is 11.9. The molecule has 0 aromatic carbocycles. The van der Waals surface area contributed by atoms with Crippen molar-refractivity contribution in [1.82, 2.24) is 15.3 Å². The zero-order valence-electron chi connectivity index (χ0n) is 11.9. The molecule has 104 valence electrons. The van der Waals surface area contributed by atoms with Gasteiger partial charge in [-0.2, -0.15) is 0 Å². The first kappa shape index (κ1) is 13.0. The lowest BCUT2D eigenvalue weighted by Gasteiger charge is -2.22. The van der Waals surface area contributed by atoms with Crippen LogP contribution in [0.3, 0.4) is 0 Å². The molecule has 1 aromatic heterocycles. The fourth-order valence-electron chi connectivity index (χ4n) is 2.94. The van der Waals surface area contributed by atoms with Gasteiger partial charge >= 0.3 is 0 Å². The fourth-order valence-corrected chi connectivity index (χ4v) is 2.94. The summed E-state index contributed by atoms with van der Waals surface area (Å²) in [4.78, 5) is 9.63. The maximum absolute atomic E-state index is 5.64. The second-order valence-electron chi connectivity index (χ2n) is 5.62. The van der Waals surface area contributed by atoms with Gasteiger partial charge in [0, 0.05) is 19.3 Å². The van der Waals surface area contributed by atoms with Crippen molar-refractivity contribution in [1.29, 1.82) is 0 Å². The maximum Gasteiger partial charge on any atom is 0.157 e. The molecule has 1 N–H and O–H groups in total. The second-order valence-corrected chi connectivity index (χ2v) is 5.62. The average molecular weight is 261 g/mol. The van der Waals surface area contributed by atoms with E-state index in [0.717, 1.165) is 38.2 Å². The van der Waals surface area contributed by atoms with E-state index in [1.165, 1.54) is 29.8 Å². The van der Waals surface area contributed by atoms with Gasteiger partial charge in [-0.05, 0) is 43.7 Å². The number of hydrogen-bond donors (Lipinski definition) is 1. The molecule has 0 saturated heterocycles. The van der Waals surface area contributed by atoms with E-state index in [1.807, 2.05) is 0 Å². The Hall–Kier alpha value is -1.00. The van der Waals surface area contributed by atoms with Crippen LogP contribution in [0.15, 0.2) is 0 Å². The van der Waals surface area contributed by atoms with Gasteiger partial charge in [-0.1, -0.05) is 13.3 Å². The molecular formula is C15H23N3O. The van der Waals surface area contributed by atoms with E-state index in [0.29, 0.717) is 5.92 Å². The molecule has 2 aliphatic rings. The van der Waals surface area contributed by atoms with Crippen molar-refractivity contribution < 1.29 is 4.74 Å². The molecule has 3 rings (SSSR count). The number of methoxy groups -OCH3 is 1. The molecule has 1 unspecified atom stereocenters. The van der Waals surface area contributed by atoms with Crippen molar-refractivity contribution in [3.8, 4) is 0 Å². The molecule has 2 heterocycles. The summed E-state index contributed by atoms with van der Waals surface area (Å²) in [6.07, 6.45) is 5.85. The summed E-state index contributed by atoms with van der Waals surface area (Å²) in [6, 6.07) is 0. The van der Waals surface area contributed by atoms with Crippen molar-refractivity contribution >= 4 is 0 Å². The molecule has 0 spiro atoms. The van der Waals surface area contributed by atoms with E-state index in [9.17, 15) is 0 Å². The molecule has 1 fully saturated rings. The summed E-state index contributed by atoms with van der Waals surface area (Å²) >= 11 is 0. The third-order valence-electron chi connectivity index (χ3n) is 4.09. The van der Waals surface area contributed by atoms with Crippen LogP contribution in [0.4, 0.5) is 0 Å². The van der Waals surface area contributed by atoms with Crippen LogP contribution in [0.25, 0.3) is 0 Å². The lowest BCUT2D eigenvalue weighted by atomic mass is 10.0. The molecule has 1 aromatic rings. The molecule has 0 amide bonds. The number of fused-ring (bicyclic) bond motifs is 1. The van der Waals surface area contributed by atoms with Gasteiger partial charge in [0.1, 0.15) is 6.10 Å². The Morgan fingerprint density at radius 2 is 2.21 bits per heavy atom. The number of hydrogen-bond acceptors (Lipinski definition) is 4. The summed E-state index contributed by atoms with van der Waals surface area (Å²) < 4.78 is 5.64. The topological polar surface area (TPSA) is 47.0 Å². The highest BCUT2D eigenvalue weighted by molar-refractivity contribution is 5.29. The molecular weight excluding hydrogens is 238 g/mol. The number of ether oxygens (including phenoxy) is 1. The Kier molecular flexibility index (Phi) is 3.80. The van der Waals surface area contributed by atoms with Crippen LogP contribution in [0, 0.1) is 5.92 Å². The van der Waals surface area contributed by atoms with E-state index in [4.69, 9.17) is 14.7 Å². The lowest BCUT2D eigenvalue weighted by Crippen LogP contribution is -2.28. The van der Waals surface area contributed by atoms with Gasteiger partial charge in [0.05, 0.1) is 5.69 Å². The van der Waals surface area contributed by atoms with Crippen LogP contribution in [-0.2, 0) is 24.1 Å². The second kappa shape index (κ2) is 5.55. The quantitative estimate of drug-likeness (QED) is 0.882. The minimum absolute atomic E-state index is 0.0998. The molecule has 19 heavy (non-hydrogen) atoms. The summed E-state index contributed by atoms with van der Waals surface area (Å²) in [5.74, 6) is 1.55. The Labute approximate surface area is 115 Å². The predicted octanol–water partition coefficient (Wildman–Crippen LogP) is 2.17. The Morgan fingerprint density at radius 3 is 2.89 bits per heavy atom. The van der Waals surface area contributed by atoms with Gasteiger partial charge in [0.15, 0.2) is 5.82 Å². The number of aromatic nitrogens is 2. The number of aryl methyl sites for hydroxylation is 1. The van der Waals surface area contributed by atoms with E-state index in [-0.39, 0.29) is 6.10 Å². The zero-order chi connectivity index (χ0) is 13.2. The van der Waals surface area contributed by atoms with Crippen LogP contribution in [-0.4, -0.2) is 23.6 Å². The normalized spacial score (nSPS) is 20.1. The average Bonchev–Trinajstić information content (AvgIpc) is 3.25. The molecule has 4 nitrogen and oxygen atoms in total. The first-order valence-corrected chi connectivity index (χ1v) is 7.45. The summed E-state index contributed by atoms with van der Waals surface area (Å²) in [5, 5.41) is 3.41. The Morgan fingerprint density at radius 1 is 1.37 bits per heavy atom. The highest BCUT2D eigenvalue weighted by Crippen LogP contribution is 2.42. The molecule has 1 atom stereocenters. The van der Waals surface area contributed by atoms with Crippen LogP contribution >= 0.6 is 0 Å². The highest BCUT2D eigenvalue weighted by Gasteiger charge is 2.35. The SMILES string of the molecule is CCCc1nc(C(OC)C2CC2)nc2c1CCNC2. The number of nitrogens with one attached hydrogen (secondary N) is 1. The van der Waals surface area contributed by atoms with Crippen LogP contribution < -0.4 is 5.32 Å². The Balaban J connectivity index is 1.97. The minimum atomic E-state index is 0.0998. The molecule has 0 radical (unpaired) electrons. The van der Waals surface area contributed by atoms with Crippen molar-refractivity contribution in [2.45, 2.75) is 51.7 Å². The highest BCUT2D eigenvalue weighted by atomic mass is 16.5. The van der Waals surface area contributed by atoms with Crippen LogP contribution in [0.1, 0.15) is 55.1 Å². The summed E-state index contributed by atoms with van der Waals surface area (Å²) in [5.41, 5.74) is 3.84. The monoisotopic (exact) mass is 261 g/mol. The molecule has 1 aliphatic heterocycles. The van der Waals surface area contributed by atoms with Gasteiger partial charge in [0.2, 0.25) is 0 Å². The largest absolute Gasteiger partial charge is 0.373 e. The smallest absolute Gasteiger partial charge is 0.157 e. The summed E-state index contributed by atoms with van der Waals surface area (Å²) in [7, 11) is 1.78. The minimum Gasteiger partial charge on any atom is -0.373 e. The van der Waals surface area contributed by atoms with E-state index in [2.05, 4.69) is 12.2 Å². The number of nitrogens with zero attached hydrogens (tertiary/aromatic N) is 2. The lowest BCUT2D eigenvalue weighted by molar-refractivity contribution is 0.0766. The third-order valence-corrected chi connectivity index (χ3v) is 4.09. The van der Waals surface area contributed by atoms with Crippen molar-refractivity contribution in [2.24, 2.45) is 5.92 Å². The Bertz CT molecular complexity index is 457. The van der Waals surface area contributed by atoms with Gasteiger partial charge in [-0.3, -0.25) is 0 Å². The van der Waals surface area contributed by atoms with Crippen LogP contribution in [0.2, 0.25) is 0 Å². The molecule has 0 bridgehead atoms. The van der Waals surface area contributed by atoms with E-state index in [1.54, 1.807) is 7.11 Å². The fraction of sp³-hybridized carbons (Fsp3) is 0.733. The summed E-state index contributed by atoms with van der Waals surface area (Å²) in [6.45, 7) is 4.13. The van der Waals surface area contributed by atoms with Gasteiger partial charge in [-0.25, -0.2) is 9.97 Å². The number of rotatable bonds is 5. The van der Waals surface area contributed by atoms with Gasteiger partial charge < -0.3 is 10.1 Å². The molecule has 4 heteroatoms. The van der Waals surface area contributed by atoms with Crippen molar-refractivity contribution in [3.05, 3.63) is 22.8 Å². The van der Waals surface area contributed by atoms with Crippen molar-refractivity contribution in [3.63, 3.8) is 0 Å².